The average molecular weight is 374 g/mol. The molecule has 0 aromatic heterocycles. The van der Waals surface area contributed by atoms with Gasteiger partial charge < -0.3 is 10.1 Å². The van der Waals surface area contributed by atoms with Crippen LogP contribution in [0.1, 0.15) is 20.7 Å². The third kappa shape index (κ3) is 3.81. The number of hydrogen-bond donors (Lipinski definition) is 1. The van der Waals surface area contributed by atoms with E-state index in [1.165, 1.54) is 12.1 Å². The lowest BCUT2D eigenvalue weighted by Crippen LogP contribution is -2.36. The number of halogens is 2. The van der Waals surface area contributed by atoms with Crippen molar-refractivity contribution in [2.45, 2.75) is 0 Å². The molecule has 27 heavy (non-hydrogen) atoms. The molecule has 1 N–H and O–H groups in total. The Kier molecular flexibility index (Phi) is 4.93. The molecule has 2 aromatic rings. The van der Waals surface area contributed by atoms with Crippen molar-refractivity contribution in [3.8, 4) is 0 Å². The number of carbonyl (C=O) groups excluding carboxylic acids is 4. The molecule has 1 heterocycles. The number of amides is 3. The van der Waals surface area contributed by atoms with Crippen molar-refractivity contribution in [1.29, 1.82) is 0 Å². The first-order chi connectivity index (χ1) is 12.9. The monoisotopic (exact) mass is 374 g/mol. The van der Waals surface area contributed by atoms with Crippen molar-refractivity contribution in [2.24, 2.45) is 0 Å². The quantitative estimate of drug-likeness (QED) is 0.636. The molecule has 7 nitrogen and oxygen atoms in total. The Labute approximate surface area is 151 Å². The lowest BCUT2D eigenvalue weighted by molar-refractivity contribution is -0.147. The molecule has 0 radical (unpaired) electrons. The lowest BCUT2D eigenvalue weighted by Gasteiger charge is -2.13. The van der Waals surface area contributed by atoms with Gasteiger partial charge in [0.1, 0.15) is 18.2 Å². The second-order valence-electron chi connectivity index (χ2n) is 5.58. The highest BCUT2D eigenvalue weighted by Gasteiger charge is 2.36. The van der Waals surface area contributed by atoms with E-state index in [9.17, 15) is 28.0 Å². The maximum absolute atomic E-state index is 13.4. The minimum atomic E-state index is -1.00. The lowest BCUT2D eigenvalue weighted by atomic mass is 10.1. The molecular weight excluding hydrogens is 362 g/mol. The van der Waals surface area contributed by atoms with Crippen LogP contribution in [0.4, 0.5) is 14.5 Å². The molecule has 0 saturated carbocycles. The topological polar surface area (TPSA) is 92.8 Å². The molecular formula is C18H12F2N2O5. The fourth-order valence-corrected chi connectivity index (χ4v) is 2.48. The summed E-state index contributed by atoms with van der Waals surface area (Å²) in [7, 11) is 0. The number of esters is 1. The summed E-state index contributed by atoms with van der Waals surface area (Å²) in [6.45, 7) is -1.47. The van der Waals surface area contributed by atoms with E-state index in [0.717, 1.165) is 18.2 Å². The fraction of sp³-hybridized carbons (Fsp3) is 0.111. The largest absolute Gasteiger partial charge is 0.454 e. The van der Waals surface area contributed by atoms with Gasteiger partial charge in [-0.25, -0.2) is 8.78 Å². The van der Waals surface area contributed by atoms with Gasteiger partial charge in [0.15, 0.2) is 6.61 Å². The van der Waals surface area contributed by atoms with Crippen LogP contribution in [0.25, 0.3) is 0 Å². The molecule has 1 aliphatic heterocycles. The molecule has 9 heteroatoms. The number of benzene rings is 2. The van der Waals surface area contributed by atoms with E-state index in [-0.39, 0.29) is 11.1 Å². The van der Waals surface area contributed by atoms with Crippen LogP contribution in [0.15, 0.2) is 42.5 Å². The van der Waals surface area contributed by atoms with Gasteiger partial charge in [-0.05, 0) is 24.3 Å². The van der Waals surface area contributed by atoms with Crippen LogP contribution in [0.5, 0.6) is 0 Å². The zero-order valence-electron chi connectivity index (χ0n) is 13.7. The van der Waals surface area contributed by atoms with E-state index in [4.69, 9.17) is 4.74 Å². The Bertz CT molecular complexity index is 926. The van der Waals surface area contributed by atoms with Crippen molar-refractivity contribution in [1.82, 2.24) is 4.90 Å². The molecule has 1 aliphatic rings. The predicted molar refractivity (Wildman–Crippen MR) is 87.8 cm³/mol. The van der Waals surface area contributed by atoms with Crippen molar-refractivity contribution in [3.05, 3.63) is 65.2 Å². The zero-order chi connectivity index (χ0) is 19.6. The van der Waals surface area contributed by atoms with Crippen LogP contribution in [-0.4, -0.2) is 41.7 Å². The summed E-state index contributed by atoms with van der Waals surface area (Å²) in [6, 6.07) is 8.58. The molecule has 0 fully saturated rings. The molecule has 0 aliphatic carbocycles. The van der Waals surface area contributed by atoms with Crippen LogP contribution in [0, 0.1) is 11.6 Å². The van der Waals surface area contributed by atoms with Gasteiger partial charge in [-0.1, -0.05) is 12.1 Å². The van der Waals surface area contributed by atoms with Gasteiger partial charge in [0.25, 0.3) is 17.7 Å². The molecule has 0 spiro atoms. The van der Waals surface area contributed by atoms with Gasteiger partial charge in [-0.15, -0.1) is 0 Å². The number of carbonyl (C=O) groups is 4. The molecule has 2 aromatic carbocycles. The molecule has 0 bridgehead atoms. The summed E-state index contributed by atoms with van der Waals surface area (Å²) in [4.78, 5) is 48.5. The summed E-state index contributed by atoms with van der Waals surface area (Å²) >= 11 is 0. The van der Waals surface area contributed by atoms with E-state index in [2.05, 4.69) is 5.32 Å². The van der Waals surface area contributed by atoms with E-state index in [0.29, 0.717) is 4.90 Å². The Morgan fingerprint density at radius 1 is 1.00 bits per heavy atom. The summed E-state index contributed by atoms with van der Waals surface area (Å²) in [5, 5.41) is 2.05. The van der Waals surface area contributed by atoms with Gasteiger partial charge in [-0.2, -0.15) is 0 Å². The number of rotatable bonds is 5. The highest BCUT2D eigenvalue weighted by atomic mass is 19.1. The fourth-order valence-electron chi connectivity index (χ4n) is 2.48. The molecule has 3 amide bonds. The summed E-state index contributed by atoms with van der Waals surface area (Å²) in [6.07, 6.45) is 0. The van der Waals surface area contributed by atoms with Gasteiger partial charge in [-0.3, -0.25) is 24.1 Å². The Hall–Kier alpha value is -3.62. The average Bonchev–Trinajstić information content (AvgIpc) is 2.88. The first-order valence-electron chi connectivity index (χ1n) is 7.72. The second-order valence-corrected chi connectivity index (χ2v) is 5.58. The first kappa shape index (κ1) is 18.2. The van der Waals surface area contributed by atoms with Crippen molar-refractivity contribution < 1.29 is 32.7 Å². The minimum absolute atomic E-state index is 0.176. The SMILES string of the molecule is O=C(COC(=O)CN1C(=O)c2ccccc2C1=O)Nc1cc(F)ccc1F. The minimum Gasteiger partial charge on any atom is -0.454 e. The summed E-state index contributed by atoms with van der Waals surface area (Å²) in [5.41, 5.74) is -0.0550. The molecule has 0 unspecified atom stereocenters. The number of anilines is 1. The zero-order valence-corrected chi connectivity index (χ0v) is 13.7. The van der Waals surface area contributed by atoms with E-state index < -0.39 is 54.2 Å². The van der Waals surface area contributed by atoms with Crippen molar-refractivity contribution in [3.63, 3.8) is 0 Å². The van der Waals surface area contributed by atoms with Crippen LogP contribution in [0.2, 0.25) is 0 Å². The van der Waals surface area contributed by atoms with Crippen LogP contribution < -0.4 is 5.32 Å². The van der Waals surface area contributed by atoms with Crippen molar-refractivity contribution >= 4 is 29.4 Å². The maximum atomic E-state index is 13.4. The van der Waals surface area contributed by atoms with E-state index >= 15 is 0 Å². The number of imide groups is 1. The number of fused-ring (bicyclic) bond motifs is 1. The first-order valence-corrected chi connectivity index (χ1v) is 7.72. The predicted octanol–water partition coefficient (Wildman–Crippen LogP) is 1.74. The molecule has 0 saturated heterocycles. The maximum Gasteiger partial charge on any atom is 0.326 e. The van der Waals surface area contributed by atoms with Gasteiger partial charge >= 0.3 is 5.97 Å². The Morgan fingerprint density at radius 3 is 2.26 bits per heavy atom. The van der Waals surface area contributed by atoms with Crippen LogP contribution in [-0.2, 0) is 14.3 Å². The highest BCUT2D eigenvalue weighted by molar-refractivity contribution is 6.22. The summed E-state index contributed by atoms with van der Waals surface area (Å²) in [5.74, 6) is -4.80. The molecule has 0 atom stereocenters. The standard InChI is InChI=1S/C18H12F2N2O5/c19-10-5-6-13(20)14(7-10)21-15(23)9-27-16(24)8-22-17(25)11-3-1-2-4-12(11)18(22)26/h1-7H,8-9H2,(H,21,23). The third-order valence-electron chi connectivity index (χ3n) is 3.73. The van der Waals surface area contributed by atoms with Gasteiger partial charge in [0.2, 0.25) is 0 Å². The number of ether oxygens (including phenoxy) is 1. The number of nitrogens with zero attached hydrogens (tertiary/aromatic N) is 1. The third-order valence-corrected chi connectivity index (χ3v) is 3.73. The van der Waals surface area contributed by atoms with Gasteiger partial charge in [0, 0.05) is 6.07 Å². The molecule has 3 rings (SSSR count). The number of nitrogens with one attached hydrogen (secondary N) is 1. The Morgan fingerprint density at radius 2 is 1.63 bits per heavy atom. The highest BCUT2D eigenvalue weighted by Crippen LogP contribution is 2.22. The normalized spacial score (nSPS) is 12.7. The van der Waals surface area contributed by atoms with Crippen molar-refractivity contribution in [2.75, 3.05) is 18.5 Å². The summed E-state index contributed by atoms with van der Waals surface area (Å²) < 4.78 is 31.2. The van der Waals surface area contributed by atoms with Crippen LogP contribution >= 0.6 is 0 Å². The second kappa shape index (κ2) is 7.32. The molecule has 138 valence electrons. The number of hydrogen-bond acceptors (Lipinski definition) is 5. The smallest absolute Gasteiger partial charge is 0.326 e. The van der Waals surface area contributed by atoms with E-state index in [1.807, 2.05) is 0 Å². The Balaban J connectivity index is 1.54. The van der Waals surface area contributed by atoms with Crippen LogP contribution in [0.3, 0.4) is 0 Å². The van der Waals surface area contributed by atoms with E-state index in [1.54, 1.807) is 12.1 Å². The van der Waals surface area contributed by atoms with Gasteiger partial charge in [0.05, 0.1) is 16.8 Å².